The fourth-order valence-corrected chi connectivity index (χ4v) is 3.29. The maximum atomic E-state index is 14.1. The standard InChI is InChI=1S/C19H16F2N4O2S/c1-3-24-10-13(9-22-24)18(27)7-5-15-11-28-19(23-15)25(12(2)26)17-6-4-14(20)8-16(17)21/h4-11H,3H2,1-2H3. The number of benzene rings is 1. The van der Waals surface area contributed by atoms with Gasteiger partial charge in [-0.3, -0.25) is 19.2 Å². The fourth-order valence-electron chi connectivity index (χ4n) is 2.45. The van der Waals surface area contributed by atoms with Gasteiger partial charge in [0.1, 0.15) is 11.6 Å². The van der Waals surface area contributed by atoms with E-state index in [1.807, 2.05) is 6.92 Å². The van der Waals surface area contributed by atoms with Crippen molar-refractivity contribution in [1.29, 1.82) is 0 Å². The summed E-state index contributed by atoms with van der Waals surface area (Å²) in [6.07, 6.45) is 5.99. The van der Waals surface area contributed by atoms with E-state index >= 15 is 0 Å². The molecule has 28 heavy (non-hydrogen) atoms. The number of rotatable bonds is 6. The summed E-state index contributed by atoms with van der Waals surface area (Å²) in [5.74, 6) is -2.32. The molecule has 0 N–H and O–H groups in total. The average Bonchev–Trinajstić information content (AvgIpc) is 3.31. The first-order valence-electron chi connectivity index (χ1n) is 8.35. The lowest BCUT2D eigenvalue weighted by molar-refractivity contribution is -0.115. The van der Waals surface area contributed by atoms with Crippen LogP contribution in [0.3, 0.4) is 0 Å². The Morgan fingerprint density at radius 1 is 1.32 bits per heavy atom. The zero-order valence-electron chi connectivity index (χ0n) is 15.1. The Labute approximate surface area is 163 Å². The molecular weight excluding hydrogens is 386 g/mol. The number of aromatic nitrogens is 3. The van der Waals surface area contributed by atoms with Gasteiger partial charge >= 0.3 is 0 Å². The van der Waals surface area contributed by atoms with Crippen LogP contribution >= 0.6 is 11.3 Å². The summed E-state index contributed by atoms with van der Waals surface area (Å²) in [7, 11) is 0. The third-order valence-electron chi connectivity index (χ3n) is 3.81. The van der Waals surface area contributed by atoms with Gasteiger partial charge < -0.3 is 0 Å². The fraction of sp³-hybridized carbons (Fsp3) is 0.158. The number of aryl methyl sites for hydroxylation is 1. The van der Waals surface area contributed by atoms with E-state index in [0.29, 0.717) is 23.9 Å². The highest BCUT2D eigenvalue weighted by Crippen LogP contribution is 2.31. The molecule has 6 nitrogen and oxygen atoms in total. The second kappa shape index (κ2) is 8.22. The Bertz CT molecular complexity index is 1060. The van der Waals surface area contributed by atoms with Gasteiger partial charge in [0.2, 0.25) is 5.91 Å². The van der Waals surface area contributed by atoms with E-state index in [-0.39, 0.29) is 16.6 Å². The van der Waals surface area contributed by atoms with Crippen molar-refractivity contribution in [3.05, 3.63) is 64.9 Å². The van der Waals surface area contributed by atoms with Crippen LogP contribution in [0.1, 0.15) is 29.9 Å². The molecule has 0 spiro atoms. The summed E-state index contributed by atoms with van der Waals surface area (Å²) in [4.78, 5) is 29.5. The van der Waals surface area contributed by atoms with E-state index in [0.717, 1.165) is 22.3 Å². The van der Waals surface area contributed by atoms with Crippen molar-refractivity contribution < 1.29 is 18.4 Å². The van der Waals surface area contributed by atoms with E-state index < -0.39 is 17.5 Å². The number of amides is 1. The van der Waals surface area contributed by atoms with Crippen molar-refractivity contribution >= 4 is 39.9 Å². The lowest BCUT2D eigenvalue weighted by Crippen LogP contribution is -2.23. The van der Waals surface area contributed by atoms with Crippen LogP contribution in [0.4, 0.5) is 19.6 Å². The van der Waals surface area contributed by atoms with Gasteiger partial charge in [0.15, 0.2) is 10.9 Å². The SMILES string of the molecule is CCn1cc(C(=O)C=Cc2csc(N(C(C)=O)c3ccc(F)cc3F)n2)cn1. The van der Waals surface area contributed by atoms with Crippen LogP contribution in [0.5, 0.6) is 0 Å². The van der Waals surface area contributed by atoms with Crippen molar-refractivity contribution in [2.24, 2.45) is 0 Å². The number of carbonyl (C=O) groups excluding carboxylic acids is 2. The van der Waals surface area contributed by atoms with E-state index in [1.165, 1.54) is 31.3 Å². The highest BCUT2D eigenvalue weighted by Gasteiger charge is 2.21. The smallest absolute Gasteiger partial charge is 0.230 e. The molecule has 0 saturated carbocycles. The maximum Gasteiger partial charge on any atom is 0.230 e. The molecule has 1 amide bonds. The monoisotopic (exact) mass is 402 g/mol. The summed E-state index contributed by atoms with van der Waals surface area (Å²) < 4.78 is 28.9. The number of hydrogen-bond acceptors (Lipinski definition) is 5. The van der Waals surface area contributed by atoms with E-state index in [4.69, 9.17) is 0 Å². The third kappa shape index (κ3) is 4.20. The van der Waals surface area contributed by atoms with Crippen LogP contribution in [-0.4, -0.2) is 26.5 Å². The molecule has 0 aliphatic carbocycles. The molecule has 144 valence electrons. The second-order valence-corrected chi connectivity index (χ2v) is 6.62. The number of halogens is 2. The molecule has 0 aliphatic heterocycles. The molecule has 0 bridgehead atoms. The zero-order valence-corrected chi connectivity index (χ0v) is 15.9. The average molecular weight is 402 g/mol. The largest absolute Gasteiger partial charge is 0.289 e. The molecule has 3 rings (SSSR count). The predicted molar refractivity (Wildman–Crippen MR) is 103 cm³/mol. The van der Waals surface area contributed by atoms with Crippen molar-refractivity contribution in [3.63, 3.8) is 0 Å². The first kappa shape index (κ1) is 19.6. The van der Waals surface area contributed by atoms with Crippen LogP contribution in [0.25, 0.3) is 6.08 Å². The van der Waals surface area contributed by atoms with Gasteiger partial charge in [0, 0.05) is 31.1 Å². The predicted octanol–water partition coefficient (Wildman–Crippen LogP) is 4.22. The summed E-state index contributed by atoms with van der Waals surface area (Å²) in [5, 5.41) is 5.89. The van der Waals surface area contributed by atoms with Crippen LogP contribution in [0.15, 0.2) is 42.0 Å². The van der Waals surface area contributed by atoms with Crippen molar-refractivity contribution in [2.75, 3.05) is 4.90 Å². The molecule has 0 unspecified atom stereocenters. The number of hydrogen-bond donors (Lipinski definition) is 0. The molecule has 0 radical (unpaired) electrons. The Hall–Kier alpha value is -3.20. The minimum absolute atomic E-state index is 0.0955. The van der Waals surface area contributed by atoms with Gasteiger partial charge in [-0.15, -0.1) is 11.3 Å². The Morgan fingerprint density at radius 2 is 2.11 bits per heavy atom. The lowest BCUT2D eigenvalue weighted by Gasteiger charge is -2.18. The lowest BCUT2D eigenvalue weighted by atomic mass is 10.2. The summed E-state index contributed by atoms with van der Waals surface area (Å²) in [5.41, 5.74) is 0.791. The van der Waals surface area contributed by atoms with Crippen molar-refractivity contribution in [3.8, 4) is 0 Å². The van der Waals surface area contributed by atoms with Gasteiger partial charge in [-0.25, -0.2) is 13.8 Å². The maximum absolute atomic E-state index is 14.1. The molecule has 2 aromatic heterocycles. The molecule has 0 fully saturated rings. The third-order valence-corrected chi connectivity index (χ3v) is 4.66. The Balaban J connectivity index is 1.83. The summed E-state index contributed by atoms with van der Waals surface area (Å²) in [6, 6.07) is 2.95. The topological polar surface area (TPSA) is 68.1 Å². The van der Waals surface area contributed by atoms with Crippen molar-refractivity contribution in [2.45, 2.75) is 20.4 Å². The summed E-state index contributed by atoms with van der Waals surface area (Å²) in [6.45, 7) is 3.83. The molecule has 9 heteroatoms. The quantitative estimate of drug-likeness (QED) is 0.457. The minimum Gasteiger partial charge on any atom is -0.289 e. The number of carbonyl (C=O) groups is 2. The highest BCUT2D eigenvalue weighted by molar-refractivity contribution is 7.14. The first-order valence-corrected chi connectivity index (χ1v) is 9.23. The van der Waals surface area contributed by atoms with Crippen molar-refractivity contribution in [1.82, 2.24) is 14.8 Å². The molecule has 0 saturated heterocycles. The van der Waals surface area contributed by atoms with Gasteiger partial charge in [-0.05, 0) is 31.2 Å². The van der Waals surface area contributed by atoms with Crippen LogP contribution in [0.2, 0.25) is 0 Å². The van der Waals surface area contributed by atoms with E-state index in [9.17, 15) is 18.4 Å². The first-order chi connectivity index (χ1) is 13.4. The summed E-state index contributed by atoms with van der Waals surface area (Å²) >= 11 is 1.10. The van der Waals surface area contributed by atoms with Gasteiger partial charge in [-0.1, -0.05) is 0 Å². The van der Waals surface area contributed by atoms with Crippen LogP contribution in [0, 0.1) is 11.6 Å². The van der Waals surface area contributed by atoms with Gasteiger partial charge in [0.05, 0.1) is 23.1 Å². The minimum atomic E-state index is -0.870. The molecule has 3 aromatic rings. The molecule has 0 atom stereocenters. The Morgan fingerprint density at radius 3 is 2.75 bits per heavy atom. The molecule has 2 heterocycles. The number of nitrogens with zero attached hydrogens (tertiary/aromatic N) is 4. The van der Waals surface area contributed by atoms with E-state index in [2.05, 4.69) is 10.1 Å². The molecule has 0 aliphatic rings. The number of allylic oxidation sites excluding steroid dienone is 1. The Kier molecular flexibility index (Phi) is 5.74. The number of thiazole rings is 1. The molecule has 1 aromatic carbocycles. The molecular formula is C19H16F2N4O2S. The van der Waals surface area contributed by atoms with Gasteiger partial charge in [0.25, 0.3) is 0 Å². The second-order valence-electron chi connectivity index (χ2n) is 5.79. The van der Waals surface area contributed by atoms with Crippen LogP contribution in [-0.2, 0) is 11.3 Å². The number of ketones is 1. The van der Waals surface area contributed by atoms with E-state index in [1.54, 1.807) is 16.3 Å². The normalized spacial score (nSPS) is 11.1. The zero-order chi connectivity index (χ0) is 20.3. The number of anilines is 2. The van der Waals surface area contributed by atoms with Crippen LogP contribution < -0.4 is 4.90 Å². The van der Waals surface area contributed by atoms with Gasteiger partial charge in [-0.2, -0.15) is 5.10 Å². The highest BCUT2D eigenvalue weighted by atomic mass is 32.1.